The molecule has 0 spiro atoms. The summed E-state index contributed by atoms with van der Waals surface area (Å²) in [6, 6.07) is 10.1. The van der Waals surface area contributed by atoms with Gasteiger partial charge in [-0.3, -0.25) is 4.79 Å². The SMILES string of the molecule is O=C(C1=CC=CCC1)N1CCCC(c2ccccc2)=N1. The molecular weight excluding hydrogens is 248 g/mol. The highest BCUT2D eigenvalue weighted by Gasteiger charge is 2.22. The molecule has 3 nitrogen and oxygen atoms in total. The summed E-state index contributed by atoms with van der Waals surface area (Å²) >= 11 is 0. The van der Waals surface area contributed by atoms with E-state index in [1.165, 1.54) is 0 Å². The molecule has 0 aromatic heterocycles. The maximum atomic E-state index is 12.4. The maximum Gasteiger partial charge on any atom is 0.269 e. The number of allylic oxidation sites excluding steroid dienone is 3. The van der Waals surface area contributed by atoms with Gasteiger partial charge in [-0.1, -0.05) is 48.6 Å². The third-order valence-electron chi connectivity index (χ3n) is 3.65. The fraction of sp³-hybridized carbons (Fsp3) is 0.294. The van der Waals surface area contributed by atoms with Crippen LogP contribution in [0.15, 0.2) is 59.2 Å². The second-order valence-corrected chi connectivity index (χ2v) is 5.10. The van der Waals surface area contributed by atoms with Crippen LogP contribution in [0.25, 0.3) is 0 Å². The lowest BCUT2D eigenvalue weighted by molar-refractivity contribution is -0.127. The zero-order valence-electron chi connectivity index (χ0n) is 11.5. The monoisotopic (exact) mass is 266 g/mol. The Balaban J connectivity index is 1.82. The van der Waals surface area contributed by atoms with E-state index in [0.717, 1.165) is 49.1 Å². The number of hydrazone groups is 1. The molecule has 0 atom stereocenters. The number of carbonyl (C=O) groups is 1. The molecule has 0 fully saturated rings. The van der Waals surface area contributed by atoms with Gasteiger partial charge in [-0.05, 0) is 31.2 Å². The zero-order valence-corrected chi connectivity index (χ0v) is 11.5. The van der Waals surface area contributed by atoms with E-state index < -0.39 is 0 Å². The van der Waals surface area contributed by atoms with Gasteiger partial charge in [-0.15, -0.1) is 0 Å². The van der Waals surface area contributed by atoms with Gasteiger partial charge in [0.15, 0.2) is 0 Å². The van der Waals surface area contributed by atoms with Crippen molar-refractivity contribution in [2.75, 3.05) is 6.54 Å². The van der Waals surface area contributed by atoms with Crippen LogP contribution in [-0.2, 0) is 4.79 Å². The van der Waals surface area contributed by atoms with Crippen molar-refractivity contribution in [2.45, 2.75) is 25.7 Å². The number of hydrogen-bond acceptors (Lipinski definition) is 2. The van der Waals surface area contributed by atoms with Crippen molar-refractivity contribution in [3.63, 3.8) is 0 Å². The lowest BCUT2D eigenvalue weighted by Crippen LogP contribution is -2.33. The van der Waals surface area contributed by atoms with Crippen LogP contribution in [0.2, 0.25) is 0 Å². The molecule has 102 valence electrons. The molecule has 3 rings (SSSR count). The number of carbonyl (C=O) groups excluding carboxylic acids is 1. The van der Waals surface area contributed by atoms with Crippen LogP contribution in [0.5, 0.6) is 0 Å². The first-order valence-corrected chi connectivity index (χ1v) is 7.15. The van der Waals surface area contributed by atoms with Gasteiger partial charge >= 0.3 is 0 Å². The Morgan fingerprint density at radius 3 is 2.75 bits per heavy atom. The van der Waals surface area contributed by atoms with Crippen LogP contribution in [0.1, 0.15) is 31.2 Å². The normalized spacial score (nSPS) is 18.5. The summed E-state index contributed by atoms with van der Waals surface area (Å²) in [6.07, 6.45) is 9.64. The average molecular weight is 266 g/mol. The molecule has 1 aliphatic heterocycles. The molecule has 0 bridgehead atoms. The number of rotatable bonds is 2. The Hall–Kier alpha value is -2.16. The van der Waals surface area contributed by atoms with E-state index in [2.05, 4.69) is 23.3 Å². The minimum Gasteiger partial charge on any atom is -0.268 e. The molecule has 0 saturated heterocycles. The number of nitrogens with zero attached hydrogens (tertiary/aromatic N) is 2. The predicted octanol–water partition coefficient (Wildman–Crippen LogP) is 3.29. The molecule has 1 aromatic rings. The smallest absolute Gasteiger partial charge is 0.268 e. The second kappa shape index (κ2) is 5.87. The third-order valence-corrected chi connectivity index (χ3v) is 3.65. The van der Waals surface area contributed by atoms with Gasteiger partial charge in [0.1, 0.15) is 0 Å². The number of amides is 1. The van der Waals surface area contributed by atoms with Gasteiger partial charge in [0.25, 0.3) is 5.91 Å². The fourth-order valence-corrected chi connectivity index (χ4v) is 2.57. The van der Waals surface area contributed by atoms with Crippen LogP contribution in [0.4, 0.5) is 0 Å². The summed E-state index contributed by atoms with van der Waals surface area (Å²) in [5, 5.41) is 6.20. The molecule has 1 heterocycles. The van der Waals surface area contributed by atoms with Gasteiger partial charge in [-0.25, -0.2) is 5.01 Å². The summed E-state index contributed by atoms with van der Waals surface area (Å²) in [4.78, 5) is 12.4. The molecule has 1 aliphatic carbocycles. The highest BCUT2D eigenvalue weighted by Crippen LogP contribution is 2.19. The van der Waals surface area contributed by atoms with E-state index in [1.807, 2.05) is 30.4 Å². The molecule has 2 aliphatic rings. The van der Waals surface area contributed by atoms with Gasteiger partial charge in [-0.2, -0.15) is 5.10 Å². The first-order valence-electron chi connectivity index (χ1n) is 7.15. The molecule has 0 saturated carbocycles. The van der Waals surface area contributed by atoms with Crippen LogP contribution in [0.3, 0.4) is 0 Å². The molecule has 0 radical (unpaired) electrons. The van der Waals surface area contributed by atoms with Crippen molar-refractivity contribution in [2.24, 2.45) is 5.10 Å². The maximum absolute atomic E-state index is 12.4. The highest BCUT2D eigenvalue weighted by atomic mass is 16.2. The first-order chi connectivity index (χ1) is 9.84. The Morgan fingerprint density at radius 2 is 2.00 bits per heavy atom. The molecule has 0 unspecified atom stereocenters. The lowest BCUT2D eigenvalue weighted by atomic mass is 10.0. The largest absolute Gasteiger partial charge is 0.269 e. The van der Waals surface area contributed by atoms with Crippen molar-refractivity contribution in [3.8, 4) is 0 Å². The third kappa shape index (κ3) is 2.72. The summed E-state index contributed by atoms with van der Waals surface area (Å²) in [5.41, 5.74) is 2.99. The van der Waals surface area contributed by atoms with E-state index in [-0.39, 0.29) is 5.91 Å². The minimum atomic E-state index is 0.0579. The van der Waals surface area contributed by atoms with Crippen molar-refractivity contribution in [1.82, 2.24) is 5.01 Å². The topological polar surface area (TPSA) is 32.7 Å². The first kappa shape index (κ1) is 12.9. The summed E-state index contributed by atoms with van der Waals surface area (Å²) in [6.45, 7) is 0.718. The second-order valence-electron chi connectivity index (χ2n) is 5.10. The highest BCUT2D eigenvalue weighted by molar-refractivity contribution is 6.02. The van der Waals surface area contributed by atoms with Crippen molar-refractivity contribution >= 4 is 11.6 Å². The summed E-state index contributed by atoms with van der Waals surface area (Å²) in [7, 11) is 0. The molecule has 1 amide bonds. The van der Waals surface area contributed by atoms with Crippen LogP contribution in [-0.4, -0.2) is 23.2 Å². The minimum absolute atomic E-state index is 0.0579. The molecule has 0 N–H and O–H groups in total. The Labute approximate surface area is 119 Å². The zero-order chi connectivity index (χ0) is 13.8. The molecule has 20 heavy (non-hydrogen) atoms. The summed E-state index contributed by atoms with van der Waals surface area (Å²) < 4.78 is 0. The standard InChI is InChI=1S/C17H18N2O/c20-17(15-10-5-2-6-11-15)19-13-7-12-16(18-19)14-8-3-1-4-9-14/h1-5,8-10H,6-7,11-13H2. The Kier molecular flexibility index (Phi) is 3.77. The van der Waals surface area contributed by atoms with E-state index in [1.54, 1.807) is 5.01 Å². The Morgan fingerprint density at radius 1 is 1.15 bits per heavy atom. The van der Waals surface area contributed by atoms with Gasteiger partial charge in [0.05, 0.1) is 5.71 Å². The van der Waals surface area contributed by atoms with E-state index in [9.17, 15) is 4.79 Å². The van der Waals surface area contributed by atoms with Crippen LogP contribution >= 0.6 is 0 Å². The summed E-state index contributed by atoms with van der Waals surface area (Å²) in [5.74, 6) is 0.0579. The molecule has 1 aromatic carbocycles. The van der Waals surface area contributed by atoms with Gasteiger partial charge in [0.2, 0.25) is 0 Å². The fourth-order valence-electron chi connectivity index (χ4n) is 2.57. The van der Waals surface area contributed by atoms with Gasteiger partial charge < -0.3 is 0 Å². The van der Waals surface area contributed by atoms with Crippen LogP contribution < -0.4 is 0 Å². The molecular formula is C17H18N2O. The number of benzene rings is 1. The quantitative estimate of drug-likeness (QED) is 0.808. The predicted molar refractivity (Wildman–Crippen MR) is 80.4 cm³/mol. The van der Waals surface area contributed by atoms with Gasteiger partial charge in [0, 0.05) is 12.1 Å². The van der Waals surface area contributed by atoms with E-state index in [0.29, 0.717) is 0 Å². The van der Waals surface area contributed by atoms with E-state index >= 15 is 0 Å². The van der Waals surface area contributed by atoms with Crippen molar-refractivity contribution < 1.29 is 4.79 Å². The number of hydrogen-bond donors (Lipinski definition) is 0. The van der Waals surface area contributed by atoms with Crippen LogP contribution in [0, 0.1) is 0 Å². The van der Waals surface area contributed by atoms with Crippen molar-refractivity contribution in [1.29, 1.82) is 0 Å². The van der Waals surface area contributed by atoms with E-state index in [4.69, 9.17) is 0 Å². The molecule has 3 heteroatoms. The average Bonchev–Trinajstić information content (AvgIpc) is 2.56. The van der Waals surface area contributed by atoms with Crippen molar-refractivity contribution in [3.05, 3.63) is 59.7 Å². The Bertz CT molecular complexity index is 584. The lowest BCUT2D eigenvalue weighted by Gasteiger charge is -2.25.